The molecule has 0 aliphatic heterocycles. The maximum absolute atomic E-state index is 13.2. The first-order valence-corrected chi connectivity index (χ1v) is 5.35. The summed E-state index contributed by atoms with van der Waals surface area (Å²) in [6.45, 7) is 1.71. The summed E-state index contributed by atoms with van der Waals surface area (Å²) < 4.78 is 13.2. The second kappa shape index (κ2) is 5.02. The second-order valence-corrected chi connectivity index (χ2v) is 3.62. The quantitative estimate of drug-likeness (QED) is 0.481. The summed E-state index contributed by atoms with van der Waals surface area (Å²) in [5.41, 5.74) is 0.848. The van der Waals surface area contributed by atoms with Crippen LogP contribution in [0.25, 0.3) is 6.08 Å². The minimum absolute atomic E-state index is 0.483. The van der Waals surface area contributed by atoms with Crippen LogP contribution in [0.2, 0.25) is 0 Å². The molecule has 3 nitrogen and oxygen atoms in total. The van der Waals surface area contributed by atoms with E-state index in [9.17, 15) is 14.5 Å². The number of allylic oxidation sites excluding steroid dienone is 1. The van der Waals surface area contributed by atoms with Crippen LogP contribution in [0.3, 0.4) is 0 Å². The number of aryl methyl sites for hydroxylation is 1. The van der Waals surface area contributed by atoms with Gasteiger partial charge in [0.2, 0.25) is 5.82 Å². The van der Waals surface area contributed by atoms with E-state index < -0.39 is 16.4 Å². The molecule has 80 valence electrons. The lowest BCUT2D eigenvalue weighted by atomic mass is 10.1. The van der Waals surface area contributed by atoms with Gasteiger partial charge in [-0.25, -0.2) is 0 Å². The number of nitro benzene ring substituents is 1. The Hall–Kier alpha value is -1.23. The number of nitro groups is 1. The molecule has 0 radical (unpaired) electrons. The summed E-state index contributed by atoms with van der Waals surface area (Å²) in [5.74, 6) is -0.806. The Balaban J connectivity index is 3.19. The van der Waals surface area contributed by atoms with Gasteiger partial charge in [0, 0.05) is 11.4 Å². The molecule has 15 heavy (non-hydrogen) atoms. The number of nitrogens with zero attached hydrogens (tertiary/aromatic N) is 1. The van der Waals surface area contributed by atoms with E-state index in [1.165, 1.54) is 12.1 Å². The van der Waals surface area contributed by atoms with Crippen LogP contribution >= 0.6 is 15.9 Å². The number of rotatable bonds is 3. The zero-order valence-corrected chi connectivity index (χ0v) is 9.62. The third-order valence-corrected chi connectivity index (χ3v) is 2.29. The van der Waals surface area contributed by atoms with E-state index in [1.54, 1.807) is 19.1 Å². The van der Waals surface area contributed by atoms with Gasteiger partial charge in [-0.05, 0) is 24.1 Å². The van der Waals surface area contributed by atoms with E-state index in [1.807, 2.05) is 0 Å². The summed E-state index contributed by atoms with van der Waals surface area (Å²) in [5, 5.41) is 11.1. The van der Waals surface area contributed by atoms with Crippen molar-refractivity contribution in [1.82, 2.24) is 0 Å². The molecule has 0 aliphatic rings. The van der Waals surface area contributed by atoms with Gasteiger partial charge in [-0.2, -0.15) is 4.39 Å². The fourth-order valence-electron chi connectivity index (χ4n) is 1.17. The molecule has 0 amide bonds. The molecule has 1 aromatic rings. The van der Waals surface area contributed by atoms with Crippen molar-refractivity contribution in [3.63, 3.8) is 0 Å². The minimum atomic E-state index is -0.806. The Morgan fingerprint density at radius 1 is 1.60 bits per heavy atom. The highest BCUT2D eigenvalue weighted by molar-refractivity contribution is 9.09. The maximum Gasteiger partial charge on any atom is 0.305 e. The Morgan fingerprint density at radius 3 is 2.80 bits per heavy atom. The van der Waals surface area contributed by atoms with Crippen molar-refractivity contribution >= 4 is 27.7 Å². The van der Waals surface area contributed by atoms with E-state index in [-0.39, 0.29) is 0 Å². The number of halogens is 2. The topological polar surface area (TPSA) is 43.1 Å². The first-order valence-electron chi connectivity index (χ1n) is 4.23. The average molecular weight is 274 g/mol. The molecule has 0 atom stereocenters. The van der Waals surface area contributed by atoms with Crippen molar-refractivity contribution in [2.75, 3.05) is 5.33 Å². The highest BCUT2D eigenvalue weighted by Gasteiger charge is 2.15. The molecule has 0 bridgehead atoms. The van der Waals surface area contributed by atoms with Crippen molar-refractivity contribution in [3.8, 4) is 0 Å². The molecule has 0 heterocycles. The highest BCUT2D eigenvalue weighted by Crippen LogP contribution is 2.22. The van der Waals surface area contributed by atoms with E-state index >= 15 is 0 Å². The predicted molar refractivity (Wildman–Crippen MR) is 60.6 cm³/mol. The fraction of sp³-hybridized carbons (Fsp3) is 0.200. The third kappa shape index (κ3) is 2.86. The Kier molecular flexibility index (Phi) is 3.96. The van der Waals surface area contributed by atoms with Crippen LogP contribution in [-0.2, 0) is 0 Å². The summed E-state index contributed by atoms with van der Waals surface area (Å²) in [4.78, 5) is 9.72. The SMILES string of the molecule is Cc1cc([N+](=O)[O-])c(F)cc1C=CCBr. The number of hydrogen-bond acceptors (Lipinski definition) is 2. The average Bonchev–Trinajstić information content (AvgIpc) is 2.18. The maximum atomic E-state index is 13.2. The molecule has 0 spiro atoms. The minimum Gasteiger partial charge on any atom is -0.258 e. The molecular weight excluding hydrogens is 265 g/mol. The Labute approximate surface area is 94.9 Å². The van der Waals surface area contributed by atoms with Gasteiger partial charge in [0.25, 0.3) is 0 Å². The van der Waals surface area contributed by atoms with Crippen molar-refractivity contribution < 1.29 is 9.31 Å². The molecule has 5 heteroatoms. The molecular formula is C10H9BrFNO2. The molecule has 0 fully saturated rings. The summed E-state index contributed by atoms with van der Waals surface area (Å²) in [6.07, 6.45) is 3.52. The van der Waals surface area contributed by atoms with Crippen LogP contribution in [0.4, 0.5) is 10.1 Å². The van der Waals surface area contributed by atoms with Crippen LogP contribution in [0.5, 0.6) is 0 Å². The normalized spacial score (nSPS) is 10.9. The van der Waals surface area contributed by atoms with Gasteiger partial charge in [-0.3, -0.25) is 10.1 Å². The van der Waals surface area contributed by atoms with Gasteiger partial charge in [0.05, 0.1) is 4.92 Å². The smallest absolute Gasteiger partial charge is 0.258 e. The third-order valence-electron chi connectivity index (χ3n) is 1.92. The lowest BCUT2D eigenvalue weighted by molar-refractivity contribution is -0.387. The molecule has 0 saturated heterocycles. The van der Waals surface area contributed by atoms with E-state index in [0.717, 1.165) is 0 Å². The van der Waals surface area contributed by atoms with Crippen LogP contribution < -0.4 is 0 Å². The standard InChI is InChI=1S/C10H9BrFNO2/c1-7-5-10(13(14)15)9(12)6-8(7)3-2-4-11/h2-3,5-6H,4H2,1H3. The summed E-state index contributed by atoms with van der Waals surface area (Å²) >= 11 is 3.20. The largest absolute Gasteiger partial charge is 0.305 e. The first kappa shape index (κ1) is 11.8. The molecule has 0 aliphatic carbocycles. The van der Waals surface area contributed by atoms with E-state index in [2.05, 4.69) is 15.9 Å². The Morgan fingerprint density at radius 2 is 2.27 bits per heavy atom. The van der Waals surface area contributed by atoms with Gasteiger partial charge in [-0.15, -0.1) is 0 Å². The van der Waals surface area contributed by atoms with Crippen LogP contribution in [0.1, 0.15) is 11.1 Å². The zero-order valence-electron chi connectivity index (χ0n) is 8.04. The van der Waals surface area contributed by atoms with Gasteiger partial charge >= 0.3 is 5.69 Å². The summed E-state index contributed by atoms with van der Waals surface area (Å²) in [7, 11) is 0. The lowest BCUT2D eigenvalue weighted by Crippen LogP contribution is -1.94. The molecule has 0 aromatic heterocycles. The number of benzene rings is 1. The first-order chi connectivity index (χ1) is 7.06. The number of hydrogen-bond donors (Lipinski definition) is 0. The molecule has 1 aromatic carbocycles. The van der Waals surface area contributed by atoms with Crippen molar-refractivity contribution in [2.45, 2.75) is 6.92 Å². The lowest BCUT2D eigenvalue weighted by Gasteiger charge is -2.01. The Bertz CT molecular complexity index is 418. The van der Waals surface area contributed by atoms with Gasteiger partial charge in [0.1, 0.15) is 0 Å². The highest BCUT2D eigenvalue weighted by atomic mass is 79.9. The van der Waals surface area contributed by atoms with Crippen LogP contribution in [0.15, 0.2) is 18.2 Å². The van der Waals surface area contributed by atoms with E-state index in [4.69, 9.17) is 0 Å². The molecule has 0 N–H and O–H groups in total. The van der Waals surface area contributed by atoms with Gasteiger partial charge in [0.15, 0.2) is 0 Å². The predicted octanol–water partition coefficient (Wildman–Crippen LogP) is 3.45. The van der Waals surface area contributed by atoms with Crippen molar-refractivity contribution in [1.29, 1.82) is 0 Å². The monoisotopic (exact) mass is 273 g/mol. The van der Waals surface area contributed by atoms with Crippen LogP contribution in [0, 0.1) is 22.9 Å². The second-order valence-electron chi connectivity index (χ2n) is 2.97. The van der Waals surface area contributed by atoms with Crippen molar-refractivity contribution in [3.05, 3.63) is 45.3 Å². The van der Waals surface area contributed by atoms with Crippen molar-refractivity contribution in [2.24, 2.45) is 0 Å². The number of alkyl halides is 1. The summed E-state index contributed by atoms with van der Waals surface area (Å²) in [6, 6.07) is 2.41. The van der Waals surface area contributed by atoms with Crippen LogP contribution in [-0.4, -0.2) is 10.3 Å². The fourth-order valence-corrected chi connectivity index (χ4v) is 1.36. The van der Waals surface area contributed by atoms with Gasteiger partial charge < -0.3 is 0 Å². The molecule has 1 rings (SSSR count). The zero-order chi connectivity index (χ0) is 11.4. The van der Waals surface area contributed by atoms with Gasteiger partial charge in [-0.1, -0.05) is 28.1 Å². The molecule has 0 unspecified atom stereocenters. The van der Waals surface area contributed by atoms with E-state index in [0.29, 0.717) is 16.5 Å². The molecule has 0 saturated carbocycles.